The van der Waals surface area contributed by atoms with E-state index in [1.165, 1.54) is 225 Å². The summed E-state index contributed by atoms with van der Waals surface area (Å²) < 4.78 is 16.9. The first-order valence-electron chi connectivity index (χ1n) is 34.8. The molecule has 0 aliphatic rings. The number of hydrogen-bond donors (Lipinski definition) is 0. The molecule has 0 aromatic rings. The van der Waals surface area contributed by atoms with Crippen LogP contribution in [0.1, 0.15) is 367 Å². The number of rotatable bonds is 64. The second-order valence-electron chi connectivity index (χ2n) is 23.4. The monoisotopic (exact) mass is 1110 g/mol. The molecule has 1 unspecified atom stereocenters. The van der Waals surface area contributed by atoms with Crippen molar-refractivity contribution in [2.45, 2.75) is 374 Å². The molecule has 0 aromatic heterocycles. The molecule has 0 aliphatic carbocycles. The summed E-state index contributed by atoms with van der Waals surface area (Å²) in [4.78, 5) is 38.3. The second kappa shape index (κ2) is 67.6. The van der Waals surface area contributed by atoms with Crippen LogP contribution in [0.3, 0.4) is 0 Å². The summed E-state index contributed by atoms with van der Waals surface area (Å²) >= 11 is 0. The van der Waals surface area contributed by atoms with E-state index < -0.39 is 6.10 Å². The highest BCUT2D eigenvalue weighted by Crippen LogP contribution is 2.18. The summed E-state index contributed by atoms with van der Waals surface area (Å²) in [6.45, 7) is 6.53. The van der Waals surface area contributed by atoms with Crippen LogP contribution < -0.4 is 0 Å². The van der Waals surface area contributed by atoms with E-state index in [0.717, 1.165) is 103 Å². The van der Waals surface area contributed by atoms with Crippen molar-refractivity contribution in [3.63, 3.8) is 0 Å². The van der Waals surface area contributed by atoms with Gasteiger partial charge < -0.3 is 14.2 Å². The Kier molecular flexibility index (Phi) is 65.1. The van der Waals surface area contributed by atoms with Crippen molar-refractivity contribution in [1.82, 2.24) is 0 Å². The van der Waals surface area contributed by atoms with Gasteiger partial charge in [0.15, 0.2) is 6.10 Å². The molecule has 0 N–H and O–H groups in total. The molecule has 0 bridgehead atoms. The number of unbranched alkanes of at least 4 members (excludes halogenated alkanes) is 43. The fourth-order valence-electron chi connectivity index (χ4n) is 10.3. The zero-order chi connectivity index (χ0) is 57.1. The van der Waals surface area contributed by atoms with Gasteiger partial charge in [0.05, 0.1) is 0 Å². The number of carbonyl (C=O) groups is 3. The van der Waals surface area contributed by atoms with Gasteiger partial charge in [0.2, 0.25) is 0 Å². The molecule has 0 spiro atoms. The summed E-state index contributed by atoms with van der Waals surface area (Å²) in [5, 5.41) is 0. The lowest BCUT2D eigenvalue weighted by atomic mass is 10.0. The Morgan fingerprint density at radius 2 is 0.494 bits per heavy atom. The van der Waals surface area contributed by atoms with Crippen LogP contribution in [0.4, 0.5) is 0 Å². The first kappa shape index (κ1) is 76.1. The van der Waals surface area contributed by atoms with E-state index in [4.69, 9.17) is 14.2 Å². The summed E-state index contributed by atoms with van der Waals surface area (Å²) in [6.07, 6.45) is 87.0. The molecule has 6 heteroatoms. The third-order valence-corrected chi connectivity index (χ3v) is 15.5. The van der Waals surface area contributed by atoms with E-state index in [2.05, 4.69) is 81.5 Å². The van der Waals surface area contributed by atoms with E-state index in [1.807, 2.05) is 0 Å². The molecule has 0 fully saturated rings. The molecule has 0 amide bonds. The van der Waals surface area contributed by atoms with Crippen molar-refractivity contribution in [2.75, 3.05) is 13.2 Å². The molecule has 6 nitrogen and oxygen atoms in total. The van der Waals surface area contributed by atoms with Crippen molar-refractivity contribution in [3.05, 3.63) is 60.8 Å². The fraction of sp³-hybridized carbons (Fsp3) is 0.822. The molecular formula is C73H132O6. The SMILES string of the molecule is CC/C=C\C/C=C\C/C=C\C/C=C\CCCCCCC(=O)OC(COC(=O)CCCCCCC/C=C\CCCCC)COC(=O)CCCCCCCCCCCCCCCCCCCCCCCCCCCCCCCCCC. The van der Waals surface area contributed by atoms with Crippen molar-refractivity contribution in [2.24, 2.45) is 0 Å². The third kappa shape index (κ3) is 65.8. The van der Waals surface area contributed by atoms with E-state index in [9.17, 15) is 14.4 Å². The van der Waals surface area contributed by atoms with Crippen molar-refractivity contribution < 1.29 is 28.6 Å². The molecule has 0 saturated heterocycles. The Labute approximate surface area is 491 Å². The highest BCUT2D eigenvalue weighted by molar-refractivity contribution is 5.71. The third-order valence-electron chi connectivity index (χ3n) is 15.5. The number of esters is 3. The van der Waals surface area contributed by atoms with Gasteiger partial charge in [-0.1, -0.05) is 326 Å². The Hall–Kier alpha value is -2.89. The van der Waals surface area contributed by atoms with Crippen LogP contribution in [0.15, 0.2) is 60.8 Å². The number of allylic oxidation sites excluding steroid dienone is 10. The normalized spacial score (nSPS) is 12.4. The fourth-order valence-corrected chi connectivity index (χ4v) is 10.3. The number of carbonyl (C=O) groups excluding carboxylic acids is 3. The standard InChI is InChI=1S/C73H132O6/c1-4-7-10-13-16-19-22-25-27-29-30-31-32-33-34-35-36-37-38-39-40-41-42-43-45-46-48-51-54-57-60-63-66-72(75)78-69-70(68-77-71(74)65-62-59-56-53-50-24-21-18-15-12-9-6-3)79-73(76)67-64-61-58-55-52-49-47-44-28-26-23-20-17-14-11-8-5-2/h8,11,17-18,20-21,26,28,47,49,70H,4-7,9-10,12-16,19,22-25,27,29-46,48,50-69H2,1-3H3/b11-8-,20-17-,21-18-,28-26-,49-47-. The van der Waals surface area contributed by atoms with Gasteiger partial charge in [-0.05, 0) is 83.5 Å². The van der Waals surface area contributed by atoms with Gasteiger partial charge in [-0.15, -0.1) is 0 Å². The number of ether oxygens (including phenoxy) is 3. The van der Waals surface area contributed by atoms with Gasteiger partial charge in [-0.3, -0.25) is 14.4 Å². The molecule has 460 valence electrons. The van der Waals surface area contributed by atoms with Crippen LogP contribution in [0, 0.1) is 0 Å². The smallest absolute Gasteiger partial charge is 0.306 e. The maximum atomic E-state index is 12.9. The minimum atomic E-state index is -0.790. The first-order valence-corrected chi connectivity index (χ1v) is 34.8. The number of hydrogen-bond acceptors (Lipinski definition) is 6. The maximum absolute atomic E-state index is 12.9. The van der Waals surface area contributed by atoms with Gasteiger partial charge in [0.1, 0.15) is 13.2 Å². The predicted molar refractivity (Wildman–Crippen MR) is 344 cm³/mol. The summed E-state index contributed by atoms with van der Waals surface area (Å²) in [7, 11) is 0. The Morgan fingerprint density at radius 1 is 0.266 bits per heavy atom. The Balaban J connectivity index is 4.13. The average Bonchev–Trinajstić information content (AvgIpc) is 3.45. The highest BCUT2D eigenvalue weighted by atomic mass is 16.6. The van der Waals surface area contributed by atoms with Gasteiger partial charge in [0, 0.05) is 19.3 Å². The Bertz CT molecular complexity index is 1410. The topological polar surface area (TPSA) is 78.9 Å². The average molecular weight is 1110 g/mol. The van der Waals surface area contributed by atoms with Gasteiger partial charge in [-0.25, -0.2) is 0 Å². The molecule has 0 radical (unpaired) electrons. The van der Waals surface area contributed by atoms with E-state index >= 15 is 0 Å². The molecule has 1 atom stereocenters. The second-order valence-corrected chi connectivity index (χ2v) is 23.4. The van der Waals surface area contributed by atoms with E-state index in [0.29, 0.717) is 19.3 Å². The minimum Gasteiger partial charge on any atom is -0.462 e. The highest BCUT2D eigenvalue weighted by Gasteiger charge is 2.19. The lowest BCUT2D eigenvalue weighted by Gasteiger charge is -2.18. The molecule has 79 heavy (non-hydrogen) atoms. The van der Waals surface area contributed by atoms with Crippen LogP contribution in [0.2, 0.25) is 0 Å². The van der Waals surface area contributed by atoms with Crippen molar-refractivity contribution >= 4 is 17.9 Å². The molecule has 0 aliphatic heterocycles. The molecular weight excluding hydrogens is 973 g/mol. The molecule has 0 aromatic carbocycles. The Morgan fingerprint density at radius 3 is 0.810 bits per heavy atom. The summed E-state index contributed by atoms with van der Waals surface area (Å²) in [5.74, 6) is -0.900. The van der Waals surface area contributed by atoms with Crippen molar-refractivity contribution in [1.29, 1.82) is 0 Å². The molecule has 0 rings (SSSR count). The lowest BCUT2D eigenvalue weighted by Crippen LogP contribution is -2.30. The zero-order valence-corrected chi connectivity index (χ0v) is 52.9. The van der Waals surface area contributed by atoms with E-state index in [1.54, 1.807) is 0 Å². The van der Waals surface area contributed by atoms with Crippen LogP contribution in [-0.4, -0.2) is 37.2 Å². The first-order chi connectivity index (χ1) is 39.0. The van der Waals surface area contributed by atoms with Crippen LogP contribution in [0.25, 0.3) is 0 Å². The zero-order valence-electron chi connectivity index (χ0n) is 52.9. The van der Waals surface area contributed by atoms with Gasteiger partial charge in [-0.2, -0.15) is 0 Å². The van der Waals surface area contributed by atoms with Gasteiger partial charge in [0.25, 0.3) is 0 Å². The van der Waals surface area contributed by atoms with E-state index in [-0.39, 0.29) is 31.1 Å². The summed E-state index contributed by atoms with van der Waals surface area (Å²) in [6, 6.07) is 0. The maximum Gasteiger partial charge on any atom is 0.306 e. The summed E-state index contributed by atoms with van der Waals surface area (Å²) in [5.41, 5.74) is 0. The molecule has 0 heterocycles. The largest absolute Gasteiger partial charge is 0.462 e. The van der Waals surface area contributed by atoms with Gasteiger partial charge >= 0.3 is 17.9 Å². The lowest BCUT2D eigenvalue weighted by molar-refractivity contribution is -0.167. The van der Waals surface area contributed by atoms with Crippen LogP contribution in [0.5, 0.6) is 0 Å². The van der Waals surface area contributed by atoms with Crippen molar-refractivity contribution in [3.8, 4) is 0 Å². The van der Waals surface area contributed by atoms with Crippen LogP contribution >= 0.6 is 0 Å². The quantitative estimate of drug-likeness (QED) is 0.0261. The minimum absolute atomic E-state index is 0.0839. The molecule has 0 saturated carbocycles. The van der Waals surface area contributed by atoms with Crippen LogP contribution in [-0.2, 0) is 28.6 Å². The predicted octanol–water partition coefficient (Wildman–Crippen LogP) is 23.9.